The molecule has 0 heterocycles. The fourth-order valence-electron chi connectivity index (χ4n) is 1.97. The Morgan fingerprint density at radius 2 is 1.75 bits per heavy atom. The van der Waals surface area contributed by atoms with Crippen LogP contribution in [0.4, 0.5) is 18.9 Å². The third-order valence-electron chi connectivity index (χ3n) is 3.00. The predicted octanol–water partition coefficient (Wildman–Crippen LogP) is 5.32. The Kier molecular flexibility index (Phi) is 4.55. The average Bonchev–Trinajstić information content (AvgIpc) is 2.41. The van der Waals surface area contributed by atoms with Crippen molar-refractivity contribution in [2.24, 2.45) is 0 Å². The van der Waals surface area contributed by atoms with Gasteiger partial charge in [-0.05, 0) is 24.1 Å². The van der Waals surface area contributed by atoms with Gasteiger partial charge in [0.2, 0.25) is 0 Å². The lowest BCUT2D eigenvalue weighted by molar-refractivity contribution is 0.495. The molecule has 0 amide bonds. The molecular weight excluding hydrogens is 287 g/mol. The number of rotatable bonds is 4. The summed E-state index contributed by atoms with van der Waals surface area (Å²) in [6.07, 6.45) is 0.638. The van der Waals surface area contributed by atoms with Crippen LogP contribution in [0.1, 0.15) is 24.9 Å². The molecule has 1 nitrogen and oxygen atoms in total. The molecule has 2 aromatic carbocycles. The van der Waals surface area contributed by atoms with Crippen LogP contribution in [0.15, 0.2) is 36.4 Å². The second kappa shape index (κ2) is 6.18. The van der Waals surface area contributed by atoms with Gasteiger partial charge in [-0.1, -0.05) is 30.7 Å². The summed E-state index contributed by atoms with van der Waals surface area (Å²) < 4.78 is 39.7. The normalized spacial score (nSPS) is 12.2. The van der Waals surface area contributed by atoms with Crippen molar-refractivity contribution in [3.63, 3.8) is 0 Å². The third kappa shape index (κ3) is 3.25. The van der Waals surface area contributed by atoms with Gasteiger partial charge in [0.05, 0.1) is 11.7 Å². The van der Waals surface area contributed by atoms with Crippen LogP contribution in [0, 0.1) is 17.5 Å². The maximum absolute atomic E-state index is 13.6. The minimum atomic E-state index is -1.20. The minimum Gasteiger partial charge on any atom is -0.376 e. The van der Waals surface area contributed by atoms with Gasteiger partial charge < -0.3 is 5.32 Å². The molecule has 5 heteroatoms. The van der Waals surface area contributed by atoms with E-state index in [0.29, 0.717) is 17.5 Å². The maximum Gasteiger partial charge on any atom is 0.161 e. The summed E-state index contributed by atoms with van der Waals surface area (Å²) in [6, 6.07) is 8.21. The van der Waals surface area contributed by atoms with Crippen molar-refractivity contribution in [1.29, 1.82) is 0 Å². The summed E-state index contributed by atoms with van der Waals surface area (Å²) in [5, 5.41) is 3.43. The second-order valence-electron chi connectivity index (χ2n) is 4.41. The van der Waals surface area contributed by atoms with Crippen LogP contribution in [0.25, 0.3) is 0 Å². The van der Waals surface area contributed by atoms with Crippen LogP contribution >= 0.6 is 11.6 Å². The Morgan fingerprint density at radius 1 is 1.05 bits per heavy atom. The van der Waals surface area contributed by atoms with Crippen LogP contribution in [0.5, 0.6) is 0 Å². The van der Waals surface area contributed by atoms with Gasteiger partial charge in [0.15, 0.2) is 11.6 Å². The summed E-state index contributed by atoms with van der Waals surface area (Å²) in [7, 11) is 0. The van der Waals surface area contributed by atoms with E-state index in [1.165, 1.54) is 0 Å². The van der Waals surface area contributed by atoms with Crippen LogP contribution in [0.2, 0.25) is 5.02 Å². The zero-order valence-corrected chi connectivity index (χ0v) is 11.5. The van der Waals surface area contributed by atoms with Crippen LogP contribution in [0.3, 0.4) is 0 Å². The highest BCUT2D eigenvalue weighted by molar-refractivity contribution is 6.30. The quantitative estimate of drug-likeness (QED) is 0.753. The molecule has 20 heavy (non-hydrogen) atoms. The highest BCUT2D eigenvalue weighted by Crippen LogP contribution is 2.27. The van der Waals surface area contributed by atoms with E-state index in [1.54, 1.807) is 18.2 Å². The van der Waals surface area contributed by atoms with E-state index < -0.39 is 17.5 Å². The first-order valence-corrected chi connectivity index (χ1v) is 6.55. The van der Waals surface area contributed by atoms with Gasteiger partial charge in [-0.25, -0.2) is 13.2 Å². The summed E-state index contributed by atoms with van der Waals surface area (Å²) in [5.41, 5.74) is 0.778. The van der Waals surface area contributed by atoms with Gasteiger partial charge >= 0.3 is 0 Å². The van der Waals surface area contributed by atoms with Crippen molar-refractivity contribution in [1.82, 2.24) is 0 Å². The van der Waals surface area contributed by atoms with Crippen molar-refractivity contribution in [3.05, 3.63) is 64.4 Å². The van der Waals surface area contributed by atoms with Crippen molar-refractivity contribution >= 4 is 17.3 Å². The molecule has 0 saturated carbocycles. The highest BCUT2D eigenvalue weighted by atomic mass is 35.5. The fourth-order valence-corrected chi connectivity index (χ4v) is 2.16. The van der Waals surface area contributed by atoms with E-state index in [9.17, 15) is 13.2 Å². The van der Waals surface area contributed by atoms with E-state index in [0.717, 1.165) is 11.6 Å². The van der Waals surface area contributed by atoms with Gasteiger partial charge in [-0.3, -0.25) is 0 Å². The van der Waals surface area contributed by atoms with Gasteiger partial charge in [-0.2, -0.15) is 0 Å². The van der Waals surface area contributed by atoms with E-state index in [-0.39, 0.29) is 11.7 Å². The SMILES string of the molecule is CCC(Nc1cc(F)c(F)cc1F)c1cccc(Cl)c1. The van der Waals surface area contributed by atoms with Crippen LogP contribution < -0.4 is 5.32 Å². The number of hydrogen-bond donors (Lipinski definition) is 1. The molecule has 106 valence electrons. The lowest BCUT2D eigenvalue weighted by Crippen LogP contribution is -2.11. The summed E-state index contributed by atoms with van der Waals surface area (Å²) in [4.78, 5) is 0. The molecule has 2 rings (SSSR count). The average molecular weight is 300 g/mol. The van der Waals surface area contributed by atoms with E-state index in [2.05, 4.69) is 5.32 Å². The van der Waals surface area contributed by atoms with Gasteiger partial charge in [0.25, 0.3) is 0 Å². The Hall–Kier alpha value is -1.68. The topological polar surface area (TPSA) is 12.0 Å². The summed E-state index contributed by atoms with van der Waals surface area (Å²) in [5.74, 6) is -3.12. The van der Waals surface area contributed by atoms with Gasteiger partial charge in [-0.15, -0.1) is 0 Å². The number of nitrogens with one attached hydrogen (secondary N) is 1. The highest BCUT2D eigenvalue weighted by Gasteiger charge is 2.15. The molecule has 0 saturated heterocycles. The molecular formula is C15H13ClF3N. The fraction of sp³-hybridized carbons (Fsp3) is 0.200. The molecule has 0 spiro atoms. The van der Waals surface area contributed by atoms with Crippen molar-refractivity contribution in [2.45, 2.75) is 19.4 Å². The third-order valence-corrected chi connectivity index (χ3v) is 3.23. The Morgan fingerprint density at radius 3 is 2.40 bits per heavy atom. The van der Waals surface area contributed by atoms with Crippen molar-refractivity contribution in [2.75, 3.05) is 5.32 Å². The van der Waals surface area contributed by atoms with Crippen molar-refractivity contribution in [3.8, 4) is 0 Å². The Labute approximate surface area is 120 Å². The molecule has 1 atom stereocenters. The lowest BCUT2D eigenvalue weighted by atomic mass is 10.0. The molecule has 0 aliphatic heterocycles. The molecule has 0 bridgehead atoms. The maximum atomic E-state index is 13.6. The lowest BCUT2D eigenvalue weighted by Gasteiger charge is -2.19. The molecule has 2 aromatic rings. The zero-order chi connectivity index (χ0) is 14.7. The summed E-state index contributed by atoms with van der Waals surface area (Å²) >= 11 is 5.91. The monoisotopic (exact) mass is 299 g/mol. The number of benzene rings is 2. The van der Waals surface area contributed by atoms with Gasteiger partial charge in [0.1, 0.15) is 5.82 Å². The standard InChI is InChI=1S/C15H13ClF3N/c1-2-14(9-4-3-5-10(16)6-9)20-15-8-12(18)11(17)7-13(15)19/h3-8,14,20H,2H2,1H3. The van der Waals surface area contributed by atoms with Crippen LogP contribution in [-0.4, -0.2) is 0 Å². The van der Waals surface area contributed by atoms with E-state index >= 15 is 0 Å². The Bertz CT molecular complexity index is 616. The first-order valence-electron chi connectivity index (χ1n) is 6.17. The van der Waals surface area contributed by atoms with Crippen molar-refractivity contribution < 1.29 is 13.2 Å². The van der Waals surface area contributed by atoms with E-state index in [4.69, 9.17) is 11.6 Å². The summed E-state index contributed by atoms with van der Waals surface area (Å²) in [6.45, 7) is 1.90. The van der Waals surface area contributed by atoms with Gasteiger partial charge in [0, 0.05) is 17.2 Å². The molecule has 1 unspecified atom stereocenters. The molecule has 0 fully saturated rings. The zero-order valence-electron chi connectivity index (χ0n) is 10.8. The Balaban J connectivity index is 2.29. The van der Waals surface area contributed by atoms with E-state index in [1.807, 2.05) is 13.0 Å². The number of halogens is 4. The first kappa shape index (κ1) is 14.7. The van der Waals surface area contributed by atoms with Crippen LogP contribution in [-0.2, 0) is 0 Å². The number of hydrogen-bond acceptors (Lipinski definition) is 1. The number of anilines is 1. The largest absolute Gasteiger partial charge is 0.376 e. The molecule has 0 aliphatic carbocycles. The first-order chi connectivity index (χ1) is 9.51. The predicted molar refractivity (Wildman–Crippen MR) is 74.4 cm³/mol. The molecule has 0 aliphatic rings. The molecule has 0 aromatic heterocycles. The minimum absolute atomic E-state index is 0.0734. The molecule has 0 radical (unpaired) electrons. The smallest absolute Gasteiger partial charge is 0.161 e. The molecule has 1 N–H and O–H groups in total. The second-order valence-corrected chi connectivity index (χ2v) is 4.84.